The first-order valence-electron chi connectivity index (χ1n) is 13.2. The van der Waals surface area contributed by atoms with Gasteiger partial charge >= 0.3 is 0 Å². The Bertz CT molecular complexity index is 1570. The second-order valence-corrected chi connectivity index (χ2v) is 10.1. The fraction of sp³-hybridized carbons (Fsp3) is 0.267. The number of aromatic nitrogens is 3. The predicted octanol–water partition coefficient (Wildman–Crippen LogP) is 3.40. The zero-order valence-corrected chi connectivity index (χ0v) is 23.0. The Kier molecular flexibility index (Phi) is 8.25. The fourth-order valence-corrected chi connectivity index (χ4v) is 4.95. The normalized spacial score (nSPS) is 12.7. The summed E-state index contributed by atoms with van der Waals surface area (Å²) in [5, 5.41) is 2.16. The van der Waals surface area contributed by atoms with Gasteiger partial charge in [-0.3, -0.25) is 24.8 Å². The van der Waals surface area contributed by atoms with E-state index >= 15 is 0 Å². The van der Waals surface area contributed by atoms with Crippen LogP contribution in [0.1, 0.15) is 28.8 Å². The molecule has 4 aromatic rings. The molecule has 0 aliphatic carbocycles. The van der Waals surface area contributed by atoms with E-state index in [4.69, 9.17) is 10.5 Å². The number of carbonyl (C=O) groups excluding carboxylic acids is 2. The topological polar surface area (TPSA) is 119 Å². The number of imide groups is 1. The molecule has 1 aliphatic heterocycles. The summed E-state index contributed by atoms with van der Waals surface area (Å²) >= 11 is 0. The highest BCUT2D eigenvalue weighted by Crippen LogP contribution is 2.31. The maximum atomic E-state index is 13.9. The maximum absolute atomic E-state index is 13.9. The molecule has 0 unspecified atom stereocenters. The van der Waals surface area contributed by atoms with Crippen molar-refractivity contribution in [2.45, 2.75) is 32.7 Å². The summed E-state index contributed by atoms with van der Waals surface area (Å²) in [5.74, 6) is 1.55. The number of benzene rings is 2. The van der Waals surface area contributed by atoms with E-state index < -0.39 is 0 Å². The summed E-state index contributed by atoms with van der Waals surface area (Å²) in [6, 6.07) is 14.6. The number of nitrogens with zero attached hydrogens (tertiary/aromatic N) is 5. The third-order valence-electron chi connectivity index (χ3n) is 7.21. The highest BCUT2D eigenvalue weighted by Gasteiger charge is 2.22. The number of nitrogens with one attached hydrogen (secondary N) is 1. The van der Waals surface area contributed by atoms with Gasteiger partial charge in [-0.2, -0.15) is 0 Å². The van der Waals surface area contributed by atoms with Gasteiger partial charge in [0.2, 0.25) is 12.3 Å². The van der Waals surface area contributed by atoms with Crippen molar-refractivity contribution in [2.75, 3.05) is 24.2 Å². The van der Waals surface area contributed by atoms with Crippen LogP contribution in [0, 0.1) is 5.82 Å². The summed E-state index contributed by atoms with van der Waals surface area (Å²) in [6.07, 6.45) is 4.00. The first-order valence-corrected chi connectivity index (χ1v) is 13.2. The van der Waals surface area contributed by atoms with Crippen LogP contribution in [-0.2, 0) is 42.9 Å². The summed E-state index contributed by atoms with van der Waals surface area (Å²) in [6.45, 7) is 2.66. The minimum Gasteiger partial charge on any atom is -0.487 e. The van der Waals surface area contributed by atoms with E-state index in [2.05, 4.69) is 38.4 Å². The molecule has 2 amide bonds. The van der Waals surface area contributed by atoms with Gasteiger partial charge in [0.25, 0.3) is 0 Å². The van der Waals surface area contributed by atoms with Crippen LogP contribution in [0.2, 0.25) is 0 Å². The van der Waals surface area contributed by atoms with Crippen molar-refractivity contribution in [1.29, 1.82) is 0 Å². The summed E-state index contributed by atoms with van der Waals surface area (Å²) in [4.78, 5) is 35.5. The molecule has 0 saturated heterocycles. The number of amides is 2. The molecule has 2 aromatic heterocycles. The lowest BCUT2D eigenvalue weighted by Gasteiger charge is -2.19. The van der Waals surface area contributed by atoms with E-state index in [1.54, 1.807) is 36.7 Å². The summed E-state index contributed by atoms with van der Waals surface area (Å²) in [7, 11) is 3.83. The van der Waals surface area contributed by atoms with Gasteiger partial charge < -0.3 is 19.9 Å². The Morgan fingerprint density at radius 2 is 1.95 bits per heavy atom. The Balaban J connectivity index is 1.21. The molecular formula is C30H32FN7O3. The predicted molar refractivity (Wildman–Crippen MR) is 153 cm³/mol. The molecule has 10 nitrogen and oxygen atoms in total. The Labute approximate surface area is 237 Å². The number of hydrogen-bond donors (Lipinski definition) is 2. The number of rotatable bonds is 11. The molecular weight excluding hydrogens is 525 g/mol. The van der Waals surface area contributed by atoms with E-state index in [1.165, 1.54) is 17.2 Å². The molecule has 0 atom stereocenters. The molecule has 212 valence electrons. The lowest BCUT2D eigenvalue weighted by Crippen LogP contribution is -2.28. The monoisotopic (exact) mass is 557 g/mol. The average Bonchev–Trinajstić information content (AvgIpc) is 3.55. The Hall–Kier alpha value is -4.77. The van der Waals surface area contributed by atoms with Crippen molar-refractivity contribution in [1.82, 2.24) is 24.8 Å². The average molecular weight is 558 g/mol. The second kappa shape index (κ2) is 12.2. The van der Waals surface area contributed by atoms with Gasteiger partial charge in [-0.15, -0.1) is 0 Å². The van der Waals surface area contributed by atoms with Crippen molar-refractivity contribution in [3.8, 4) is 17.1 Å². The maximum Gasteiger partial charge on any atom is 0.228 e. The van der Waals surface area contributed by atoms with Gasteiger partial charge in [0.1, 0.15) is 29.8 Å². The second-order valence-electron chi connectivity index (χ2n) is 10.1. The van der Waals surface area contributed by atoms with E-state index in [-0.39, 0.29) is 24.8 Å². The molecule has 41 heavy (non-hydrogen) atoms. The van der Waals surface area contributed by atoms with E-state index in [0.717, 1.165) is 36.0 Å². The molecule has 2 aromatic carbocycles. The zero-order chi connectivity index (χ0) is 28.9. The number of imidazole rings is 1. The van der Waals surface area contributed by atoms with E-state index in [0.29, 0.717) is 36.5 Å². The number of halogens is 1. The lowest BCUT2D eigenvalue weighted by molar-refractivity contribution is -0.125. The standard InChI is InChI=1S/C30H32FN7O3/c1-36(10-9-28(40)35-19-39)29-14-34-30(37(29)2)20-7-8-21-15-38(16-23(21)11-20)17-27-26(32)12-24(13-33-27)41-18-22-5-3-4-6-25(22)31/h3-8,11-14,19H,9-10,15-18,32H2,1-2H3,(H,35,39,40). The van der Waals surface area contributed by atoms with Crippen molar-refractivity contribution in [2.24, 2.45) is 7.05 Å². The first-order chi connectivity index (χ1) is 19.8. The van der Waals surface area contributed by atoms with Crippen molar-refractivity contribution in [3.63, 3.8) is 0 Å². The molecule has 5 rings (SSSR count). The van der Waals surface area contributed by atoms with Crippen LogP contribution in [0.5, 0.6) is 5.75 Å². The number of pyridine rings is 1. The molecule has 11 heteroatoms. The van der Waals surface area contributed by atoms with Crippen LogP contribution >= 0.6 is 0 Å². The molecule has 0 spiro atoms. The van der Waals surface area contributed by atoms with Crippen LogP contribution in [0.15, 0.2) is 60.9 Å². The molecule has 3 N–H and O–H groups in total. The summed E-state index contributed by atoms with van der Waals surface area (Å²) < 4.78 is 21.6. The number of hydrogen-bond acceptors (Lipinski definition) is 8. The van der Waals surface area contributed by atoms with Gasteiger partial charge in [0, 0.05) is 63.9 Å². The highest BCUT2D eigenvalue weighted by molar-refractivity contribution is 5.86. The number of nitrogens with two attached hydrogens (primary N) is 1. The van der Waals surface area contributed by atoms with Gasteiger partial charge in [0.15, 0.2) is 0 Å². The molecule has 1 aliphatic rings. The van der Waals surface area contributed by atoms with Crippen LogP contribution in [0.4, 0.5) is 15.9 Å². The smallest absolute Gasteiger partial charge is 0.228 e. The number of ether oxygens (including phenoxy) is 1. The van der Waals surface area contributed by atoms with Gasteiger partial charge in [-0.25, -0.2) is 9.37 Å². The third kappa shape index (κ3) is 6.36. The molecule has 0 radical (unpaired) electrons. The van der Waals surface area contributed by atoms with Gasteiger partial charge in [0.05, 0.1) is 23.8 Å². The largest absolute Gasteiger partial charge is 0.487 e. The minimum atomic E-state index is -0.321. The van der Waals surface area contributed by atoms with Crippen molar-refractivity contribution >= 4 is 23.8 Å². The first kappa shape index (κ1) is 27.8. The van der Waals surface area contributed by atoms with Crippen molar-refractivity contribution < 1.29 is 18.7 Å². The quantitative estimate of drug-likeness (QED) is 0.270. The van der Waals surface area contributed by atoms with Crippen LogP contribution in [0.25, 0.3) is 11.4 Å². The summed E-state index contributed by atoms with van der Waals surface area (Å²) in [5.41, 5.74) is 11.5. The third-order valence-corrected chi connectivity index (χ3v) is 7.21. The fourth-order valence-electron chi connectivity index (χ4n) is 4.95. The number of nitrogen functional groups attached to an aromatic ring is 1. The Morgan fingerprint density at radius 3 is 2.73 bits per heavy atom. The number of carbonyl (C=O) groups is 2. The van der Waals surface area contributed by atoms with Gasteiger partial charge in [-0.05, 0) is 23.3 Å². The van der Waals surface area contributed by atoms with E-state index in [9.17, 15) is 14.0 Å². The number of fused-ring (bicyclic) bond motifs is 1. The zero-order valence-electron chi connectivity index (χ0n) is 23.0. The SMILES string of the molecule is CN(CCC(=O)NC=O)c1cnc(-c2ccc3c(c2)CN(Cc2ncc(OCc4ccccc4F)cc2N)C3)n1C. The van der Waals surface area contributed by atoms with Crippen molar-refractivity contribution in [3.05, 3.63) is 89.1 Å². The highest BCUT2D eigenvalue weighted by atomic mass is 19.1. The van der Waals surface area contributed by atoms with Crippen LogP contribution in [0.3, 0.4) is 0 Å². The van der Waals surface area contributed by atoms with E-state index in [1.807, 2.05) is 23.6 Å². The molecule has 0 fully saturated rings. The molecule has 0 saturated carbocycles. The van der Waals surface area contributed by atoms with Gasteiger partial charge in [-0.1, -0.05) is 30.3 Å². The Morgan fingerprint density at radius 1 is 1.15 bits per heavy atom. The van der Waals surface area contributed by atoms with Crippen LogP contribution in [-0.4, -0.2) is 45.3 Å². The number of anilines is 2. The van der Waals surface area contributed by atoms with Crippen LogP contribution < -0.4 is 20.7 Å². The molecule has 0 bridgehead atoms. The lowest BCUT2D eigenvalue weighted by atomic mass is 10.1. The molecule has 3 heterocycles. The minimum absolute atomic E-state index is 0.100.